The van der Waals surface area contributed by atoms with Crippen molar-refractivity contribution in [2.24, 2.45) is 0 Å². The molecule has 0 N–H and O–H groups in total. The Labute approximate surface area is 375 Å². The summed E-state index contributed by atoms with van der Waals surface area (Å²) >= 11 is 1.89. The van der Waals surface area contributed by atoms with Gasteiger partial charge in [-0.1, -0.05) is 170 Å². The number of benzene rings is 10. The Bertz CT molecular complexity index is 3730. The Kier molecular flexibility index (Phi) is 7.51. The van der Waals surface area contributed by atoms with Crippen molar-refractivity contribution in [2.45, 2.75) is 5.41 Å². The summed E-state index contributed by atoms with van der Waals surface area (Å²) in [6, 6.07) is 82.9. The minimum absolute atomic E-state index is 0.651. The quantitative estimate of drug-likeness (QED) is 0.176. The van der Waals surface area contributed by atoms with E-state index in [0.717, 1.165) is 50.8 Å². The molecule has 2 aliphatic carbocycles. The highest BCUT2D eigenvalue weighted by molar-refractivity contribution is 7.25. The van der Waals surface area contributed by atoms with Gasteiger partial charge < -0.3 is 9.64 Å². The zero-order valence-electron chi connectivity index (χ0n) is 34.6. The molecule has 2 heterocycles. The summed E-state index contributed by atoms with van der Waals surface area (Å²) in [4.78, 5) is 2.41. The third-order valence-electron chi connectivity index (χ3n) is 13.9. The van der Waals surface area contributed by atoms with E-state index in [-0.39, 0.29) is 0 Å². The topological polar surface area (TPSA) is 12.5 Å². The Morgan fingerprint density at radius 2 is 0.875 bits per heavy atom. The van der Waals surface area contributed by atoms with Crippen LogP contribution < -0.4 is 9.64 Å². The minimum atomic E-state index is -0.651. The fourth-order valence-electron chi connectivity index (χ4n) is 11.3. The summed E-state index contributed by atoms with van der Waals surface area (Å²) in [5, 5.41) is 2.63. The van der Waals surface area contributed by atoms with E-state index in [0.29, 0.717) is 0 Å². The molecule has 1 aromatic heterocycles. The first-order chi connectivity index (χ1) is 31.8. The maximum atomic E-state index is 7.18. The molecule has 64 heavy (non-hydrogen) atoms. The van der Waals surface area contributed by atoms with Crippen LogP contribution in [0.4, 0.5) is 17.1 Å². The number of rotatable bonds is 3. The molecule has 0 amide bonds. The van der Waals surface area contributed by atoms with Crippen molar-refractivity contribution in [2.75, 3.05) is 4.90 Å². The van der Waals surface area contributed by atoms with Crippen molar-refractivity contribution in [1.29, 1.82) is 0 Å². The lowest BCUT2D eigenvalue weighted by atomic mass is 9.65. The van der Waals surface area contributed by atoms with Crippen LogP contribution in [0.2, 0.25) is 0 Å². The average molecular weight is 832 g/mol. The second kappa shape index (κ2) is 13.5. The molecule has 11 aromatic rings. The van der Waals surface area contributed by atoms with E-state index in [2.05, 4.69) is 229 Å². The third kappa shape index (κ3) is 4.85. The molecule has 0 saturated heterocycles. The third-order valence-corrected chi connectivity index (χ3v) is 15.0. The van der Waals surface area contributed by atoms with Gasteiger partial charge in [0, 0.05) is 42.7 Å². The van der Waals surface area contributed by atoms with E-state index in [4.69, 9.17) is 4.74 Å². The molecule has 14 rings (SSSR count). The summed E-state index contributed by atoms with van der Waals surface area (Å²) < 4.78 is 9.80. The molecule has 0 saturated carbocycles. The number of para-hydroxylation sites is 3. The van der Waals surface area contributed by atoms with Gasteiger partial charge in [-0.05, 0) is 121 Å². The molecule has 1 unspecified atom stereocenters. The van der Waals surface area contributed by atoms with Crippen molar-refractivity contribution in [3.05, 3.63) is 247 Å². The standard InChI is InChI=1S/C61H37NOS/c1-2-17-38(18-3-1)62(56-30-16-27-49-43-22-7-6-21-42(43)47-25-10-14-31-57(47)63-60(49)56)39-33-34-46-41-20-5-4-19-40(41)44-23-8-12-28-52(44)61(54(46)35-39)53-29-13-9-24-45(53)50-36-51-48-26-11-15-32-58(48)64-59(51)37-55(50)61/h1-37H. The summed E-state index contributed by atoms with van der Waals surface area (Å²) in [7, 11) is 0. The molecule has 0 bridgehead atoms. The van der Waals surface area contributed by atoms with E-state index in [1.54, 1.807) is 0 Å². The molecule has 1 spiro atoms. The smallest absolute Gasteiger partial charge is 0.159 e. The molecule has 3 heteroatoms. The van der Waals surface area contributed by atoms with Crippen molar-refractivity contribution in [3.8, 4) is 67.1 Å². The lowest BCUT2D eigenvalue weighted by Crippen LogP contribution is -2.29. The van der Waals surface area contributed by atoms with Gasteiger partial charge in [-0.2, -0.15) is 0 Å². The Hall–Kier alpha value is -7.98. The lowest BCUT2D eigenvalue weighted by Gasteiger charge is -2.36. The van der Waals surface area contributed by atoms with Crippen LogP contribution in [0.3, 0.4) is 0 Å². The van der Waals surface area contributed by atoms with Crippen LogP contribution in [0.15, 0.2) is 224 Å². The minimum Gasteiger partial charge on any atom is -0.454 e. The van der Waals surface area contributed by atoms with Crippen LogP contribution >= 0.6 is 11.3 Å². The van der Waals surface area contributed by atoms with Crippen LogP contribution in [0.25, 0.3) is 75.8 Å². The van der Waals surface area contributed by atoms with Gasteiger partial charge in [0.05, 0.1) is 11.1 Å². The molecule has 2 nitrogen and oxygen atoms in total. The largest absolute Gasteiger partial charge is 0.454 e. The van der Waals surface area contributed by atoms with Crippen molar-refractivity contribution in [1.82, 2.24) is 0 Å². The van der Waals surface area contributed by atoms with Gasteiger partial charge >= 0.3 is 0 Å². The first kappa shape index (κ1) is 35.6. The highest BCUT2D eigenvalue weighted by Gasteiger charge is 2.50. The molecule has 1 atom stereocenters. The van der Waals surface area contributed by atoms with Crippen molar-refractivity contribution < 1.29 is 4.74 Å². The first-order valence-corrected chi connectivity index (χ1v) is 22.8. The number of hydrogen-bond acceptors (Lipinski definition) is 3. The molecular weight excluding hydrogens is 795 g/mol. The SMILES string of the molecule is c1ccc(N(c2ccc3c(c2)C2(c4ccccc4-c4ccccc4-3)c3ccccc3-c3cc4c(cc32)sc2ccccc24)c2cccc3c2Oc2ccccc2-c2ccccc2-3)cc1. The van der Waals surface area contributed by atoms with Crippen molar-refractivity contribution in [3.63, 3.8) is 0 Å². The molecule has 0 fully saturated rings. The number of thiophene rings is 1. The monoisotopic (exact) mass is 831 g/mol. The molecule has 0 radical (unpaired) electrons. The fraction of sp³-hybridized carbons (Fsp3) is 0.0164. The number of anilines is 3. The zero-order chi connectivity index (χ0) is 41.9. The first-order valence-electron chi connectivity index (χ1n) is 22.0. The fourth-order valence-corrected chi connectivity index (χ4v) is 12.4. The van der Waals surface area contributed by atoms with Crippen LogP contribution in [-0.4, -0.2) is 0 Å². The number of hydrogen-bond donors (Lipinski definition) is 0. The second-order valence-electron chi connectivity index (χ2n) is 17.1. The molecular formula is C61H37NOS. The second-order valence-corrected chi connectivity index (χ2v) is 18.2. The predicted molar refractivity (Wildman–Crippen MR) is 267 cm³/mol. The average Bonchev–Trinajstić information content (AvgIpc) is 3.77. The maximum absolute atomic E-state index is 7.18. The predicted octanol–water partition coefficient (Wildman–Crippen LogP) is 17.0. The van der Waals surface area contributed by atoms with Gasteiger partial charge in [-0.3, -0.25) is 0 Å². The normalized spacial score (nSPS) is 14.8. The van der Waals surface area contributed by atoms with Crippen molar-refractivity contribution >= 4 is 48.6 Å². The highest BCUT2D eigenvalue weighted by Crippen LogP contribution is 2.63. The van der Waals surface area contributed by atoms with Gasteiger partial charge in [-0.15, -0.1) is 11.3 Å². The van der Waals surface area contributed by atoms with Crippen LogP contribution in [0, 0.1) is 0 Å². The van der Waals surface area contributed by atoms with Gasteiger partial charge in [0.15, 0.2) is 5.75 Å². The highest BCUT2D eigenvalue weighted by atomic mass is 32.1. The van der Waals surface area contributed by atoms with E-state index < -0.39 is 5.41 Å². The van der Waals surface area contributed by atoms with E-state index in [1.807, 2.05) is 11.3 Å². The summed E-state index contributed by atoms with van der Waals surface area (Å²) in [6.07, 6.45) is 0. The van der Waals surface area contributed by atoms with Crippen LogP contribution in [-0.2, 0) is 5.41 Å². The number of fused-ring (bicyclic) bond motifs is 20. The maximum Gasteiger partial charge on any atom is 0.159 e. The molecule has 10 aromatic carbocycles. The van der Waals surface area contributed by atoms with Gasteiger partial charge in [0.1, 0.15) is 5.75 Å². The number of ether oxygens (including phenoxy) is 1. The Morgan fingerprint density at radius 1 is 0.328 bits per heavy atom. The van der Waals surface area contributed by atoms with E-state index in [9.17, 15) is 0 Å². The van der Waals surface area contributed by atoms with Gasteiger partial charge in [-0.25, -0.2) is 0 Å². The molecule has 3 aliphatic rings. The van der Waals surface area contributed by atoms with Gasteiger partial charge in [0.25, 0.3) is 0 Å². The Balaban J connectivity index is 1.10. The molecule has 298 valence electrons. The van der Waals surface area contributed by atoms with Gasteiger partial charge in [0.2, 0.25) is 0 Å². The van der Waals surface area contributed by atoms with Crippen LogP contribution in [0.1, 0.15) is 22.3 Å². The Morgan fingerprint density at radius 3 is 1.62 bits per heavy atom. The summed E-state index contributed by atoms with van der Waals surface area (Å²) in [6.45, 7) is 0. The van der Waals surface area contributed by atoms with E-state index in [1.165, 1.54) is 75.8 Å². The lowest BCUT2D eigenvalue weighted by molar-refractivity contribution is 0.489. The summed E-state index contributed by atoms with van der Waals surface area (Å²) in [5.74, 6) is 1.67. The van der Waals surface area contributed by atoms with Crippen LogP contribution in [0.5, 0.6) is 11.5 Å². The zero-order valence-corrected chi connectivity index (χ0v) is 35.4. The van der Waals surface area contributed by atoms with E-state index >= 15 is 0 Å². The molecule has 1 aliphatic heterocycles. The summed E-state index contributed by atoms with van der Waals surface area (Å²) in [5.41, 5.74) is 19.6. The number of nitrogens with zero attached hydrogens (tertiary/aromatic N) is 1.